The largest absolute Gasteiger partial charge is 0.322 e. The molecule has 102 valence electrons. The number of hydrogen-bond donors (Lipinski definition) is 1. The molecule has 5 heteroatoms. The summed E-state index contributed by atoms with van der Waals surface area (Å²) in [4.78, 5) is 27.0. The van der Waals surface area contributed by atoms with E-state index < -0.39 is 5.41 Å². The van der Waals surface area contributed by atoms with E-state index in [1.807, 2.05) is 32.0 Å². The van der Waals surface area contributed by atoms with Gasteiger partial charge < -0.3 is 15.5 Å². The van der Waals surface area contributed by atoms with Crippen LogP contribution in [0.4, 0.5) is 11.4 Å². The lowest BCUT2D eigenvalue weighted by atomic mass is 9.86. The molecule has 0 aliphatic carbocycles. The van der Waals surface area contributed by atoms with Gasteiger partial charge in [0.15, 0.2) is 0 Å². The zero-order valence-electron chi connectivity index (χ0n) is 11.7. The minimum Gasteiger partial charge on any atom is -0.322 e. The fourth-order valence-corrected chi connectivity index (χ4v) is 2.45. The van der Waals surface area contributed by atoms with Crippen molar-refractivity contribution < 1.29 is 9.59 Å². The molecule has 1 aliphatic heterocycles. The number of rotatable bonds is 2. The van der Waals surface area contributed by atoms with Gasteiger partial charge in [-0.1, -0.05) is 0 Å². The molecule has 2 rings (SSSR count). The van der Waals surface area contributed by atoms with Crippen molar-refractivity contribution in [2.75, 3.05) is 30.4 Å². The standard InChI is InChI=1S/C14H19N3O2/c1-14(2)10-7-9(16(3)12(18)8-15)5-6-11(10)17(4)13(14)19/h5-7H,8,15H2,1-4H3. The Kier molecular flexibility index (Phi) is 3.10. The lowest BCUT2D eigenvalue weighted by molar-refractivity contribution is -0.121. The SMILES string of the molecule is CN(C(=O)CN)c1ccc2c(c1)C(C)(C)C(=O)N2C. The number of benzene rings is 1. The molecule has 5 nitrogen and oxygen atoms in total. The van der Waals surface area contributed by atoms with Gasteiger partial charge in [-0.15, -0.1) is 0 Å². The molecule has 0 saturated carbocycles. The Hall–Kier alpha value is -1.88. The number of nitrogens with two attached hydrogens (primary N) is 1. The minimum absolute atomic E-state index is 0.0319. The summed E-state index contributed by atoms with van der Waals surface area (Å²) in [6, 6.07) is 5.60. The Morgan fingerprint density at radius 1 is 1.42 bits per heavy atom. The van der Waals surface area contributed by atoms with Crippen LogP contribution in [0.2, 0.25) is 0 Å². The van der Waals surface area contributed by atoms with E-state index in [1.165, 1.54) is 4.90 Å². The Balaban J connectivity index is 2.49. The van der Waals surface area contributed by atoms with E-state index in [1.54, 1.807) is 19.0 Å². The van der Waals surface area contributed by atoms with Gasteiger partial charge >= 0.3 is 0 Å². The lowest BCUT2D eigenvalue weighted by Gasteiger charge is -2.20. The highest BCUT2D eigenvalue weighted by Gasteiger charge is 2.42. The van der Waals surface area contributed by atoms with Gasteiger partial charge in [0.05, 0.1) is 12.0 Å². The predicted octanol–water partition coefficient (Wildman–Crippen LogP) is 0.862. The lowest BCUT2D eigenvalue weighted by Crippen LogP contribution is -2.33. The van der Waals surface area contributed by atoms with Crippen LogP contribution in [0, 0.1) is 0 Å². The first-order valence-electron chi connectivity index (χ1n) is 6.20. The number of fused-ring (bicyclic) bond motifs is 1. The van der Waals surface area contributed by atoms with Crippen LogP contribution in [-0.4, -0.2) is 32.5 Å². The van der Waals surface area contributed by atoms with E-state index in [-0.39, 0.29) is 18.4 Å². The number of hydrogen-bond acceptors (Lipinski definition) is 3. The Bertz CT molecular complexity index is 552. The van der Waals surface area contributed by atoms with Crippen molar-refractivity contribution in [3.05, 3.63) is 23.8 Å². The van der Waals surface area contributed by atoms with Crippen molar-refractivity contribution >= 4 is 23.2 Å². The predicted molar refractivity (Wildman–Crippen MR) is 75.3 cm³/mol. The maximum absolute atomic E-state index is 12.2. The molecule has 1 heterocycles. The van der Waals surface area contributed by atoms with Crippen molar-refractivity contribution in [2.45, 2.75) is 19.3 Å². The van der Waals surface area contributed by atoms with E-state index in [0.29, 0.717) is 0 Å². The normalized spacial score (nSPS) is 16.5. The first-order chi connectivity index (χ1) is 8.80. The van der Waals surface area contributed by atoms with Gasteiger partial charge in [-0.25, -0.2) is 0 Å². The maximum atomic E-state index is 12.2. The summed E-state index contributed by atoms with van der Waals surface area (Å²) in [5.74, 6) is -0.0945. The summed E-state index contributed by atoms with van der Waals surface area (Å²) in [6.07, 6.45) is 0. The van der Waals surface area contributed by atoms with Crippen LogP contribution < -0.4 is 15.5 Å². The van der Waals surface area contributed by atoms with Crippen LogP contribution in [0.3, 0.4) is 0 Å². The van der Waals surface area contributed by atoms with Gasteiger partial charge in [0, 0.05) is 25.5 Å². The molecule has 0 unspecified atom stereocenters. The van der Waals surface area contributed by atoms with Crippen LogP contribution in [0.5, 0.6) is 0 Å². The van der Waals surface area contributed by atoms with Crippen LogP contribution >= 0.6 is 0 Å². The zero-order chi connectivity index (χ0) is 14.4. The molecule has 0 spiro atoms. The van der Waals surface area contributed by atoms with E-state index in [0.717, 1.165) is 16.9 Å². The quantitative estimate of drug-likeness (QED) is 0.858. The molecule has 19 heavy (non-hydrogen) atoms. The van der Waals surface area contributed by atoms with Gasteiger partial charge in [-0.05, 0) is 37.6 Å². The molecule has 1 aromatic rings. The van der Waals surface area contributed by atoms with Gasteiger partial charge in [0.25, 0.3) is 0 Å². The summed E-state index contributed by atoms with van der Waals surface area (Å²) >= 11 is 0. The van der Waals surface area contributed by atoms with Gasteiger partial charge in [0.2, 0.25) is 11.8 Å². The Labute approximate surface area is 113 Å². The third-order valence-corrected chi connectivity index (χ3v) is 3.79. The monoisotopic (exact) mass is 261 g/mol. The fourth-order valence-electron chi connectivity index (χ4n) is 2.45. The molecule has 1 aromatic carbocycles. The first-order valence-corrected chi connectivity index (χ1v) is 6.20. The second kappa shape index (κ2) is 4.35. The van der Waals surface area contributed by atoms with Crippen LogP contribution in [-0.2, 0) is 15.0 Å². The molecular formula is C14H19N3O2. The van der Waals surface area contributed by atoms with Gasteiger partial charge in [-0.2, -0.15) is 0 Å². The average molecular weight is 261 g/mol. The van der Waals surface area contributed by atoms with Crippen molar-refractivity contribution in [1.82, 2.24) is 0 Å². The van der Waals surface area contributed by atoms with Crippen molar-refractivity contribution in [2.24, 2.45) is 5.73 Å². The topological polar surface area (TPSA) is 66.6 Å². The van der Waals surface area contributed by atoms with Crippen LogP contribution in [0.1, 0.15) is 19.4 Å². The molecule has 0 aromatic heterocycles. The highest BCUT2D eigenvalue weighted by Crippen LogP contribution is 2.42. The maximum Gasteiger partial charge on any atom is 0.240 e. The molecular weight excluding hydrogens is 242 g/mol. The smallest absolute Gasteiger partial charge is 0.240 e. The van der Waals surface area contributed by atoms with E-state index in [4.69, 9.17) is 5.73 Å². The number of carbonyl (C=O) groups is 2. The van der Waals surface area contributed by atoms with Crippen LogP contribution in [0.25, 0.3) is 0 Å². The first kappa shape index (κ1) is 13.5. The summed E-state index contributed by atoms with van der Waals surface area (Å²) < 4.78 is 0. The molecule has 0 saturated heterocycles. The summed E-state index contributed by atoms with van der Waals surface area (Å²) in [5, 5.41) is 0. The molecule has 1 aliphatic rings. The molecule has 0 atom stereocenters. The fraction of sp³-hybridized carbons (Fsp3) is 0.429. The highest BCUT2D eigenvalue weighted by molar-refractivity contribution is 6.08. The number of likely N-dealkylation sites (N-methyl/N-ethyl adjacent to an activating group) is 2. The van der Waals surface area contributed by atoms with Gasteiger partial charge in [0.1, 0.15) is 0 Å². The number of amides is 2. The summed E-state index contributed by atoms with van der Waals surface area (Å²) in [5.41, 5.74) is 7.39. The van der Waals surface area contributed by atoms with Crippen molar-refractivity contribution in [3.63, 3.8) is 0 Å². The van der Waals surface area contributed by atoms with E-state index in [2.05, 4.69) is 0 Å². The number of carbonyl (C=O) groups excluding carboxylic acids is 2. The van der Waals surface area contributed by atoms with Crippen LogP contribution in [0.15, 0.2) is 18.2 Å². The molecule has 2 N–H and O–H groups in total. The Morgan fingerprint density at radius 2 is 2.05 bits per heavy atom. The molecule has 0 radical (unpaired) electrons. The summed E-state index contributed by atoms with van der Waals surface area (Å²) in [6.45, 7) is 3.76. The molecule has 0 fully saturated rings. The molecule has 2 amide bonds. The number of nitrogens with zero attached hydrogens (tertiary/aromatic N) is 2. The number of anilines is 2. The molecule has 0 bridgehead atoms. The second-order valence-corrected chi connectivity index (χ2v) is 5.35. The third kappa shape index (κ3) is 1.90. The van der Waals surface area contributed by atoms with Crippen molar-refractivity contribution in [3.8, 4) is 0 Å². The van der Waals surface area contributed by atoms with Gasteiger partial charge in [-0.3, -0.25) is 9.59 Å². The Morgan fingerprint density at radius 3 is 2.63 bits per heavy atom. The summed E-state index contributed by atoms with van der Waals surface area (Å²) in [7, 11) is 3.45. The van der Waals surface area contributed by atoms with Crippen molar-refractivity contribution in [1.29, 1.82) is 0 Å². The van der Waals surface area contributed by atoms with E-state index >= 15 is 0 Å². The van der Waals surface area contributed by atoms with E-state index in [9.17, 15) is 9.59 Å². The average Bonchev–Trinajstić information content (AvgIpc) is 2.58. The third-order valence-electron chi connectivity index (χ3n) is 3.79. The zero-order valence-corrected chi connectivity index (χ0v) is 11.7. The second-order valence-electron chi connectivity index (χ2n) is 5.35. The highest BCUT2D eigenvalue weighted by atomic mass is 16.2. The minimum atomic E-state index is -0.563.